The molecule has 0 bridgehead atoms. The quantitative estimate of drug-likeness (QED) is 0.336. The average molecular weight is 498 g/mol. The van der Waals surface area contributed by atoms with Crippen LogP contribution in [0.3, 0.4) is 0 Å². The van der Waals surface area contributed by atoms with Gasteiger partial charge in [0.05, 0.1) is 6.54 Å². The van der Waals surface area contributed by atoms with E-state index >= 15 is 0 Å². The van der Waals surface area contributed by atoms with E-state index in [4.69, 9.17) is 10.8 Å². The minimum atomic E-state index is -0.567. The number of carbonyl (C=O) groups is 3. The van der Waals surface area contributed by atoms with Crippen LogP contribution in [-0.2, 0) is 14.4 Å². The summed E-state index contributed by atoms with van der Waals surface area (Å²) < 4.78 is 0. The highest BCUT2D eigenvalue weighted by Crippen LogP contribution is 2.30. The first-order chi connectivity index (χ1) is 16.7. The average Bonchev–Trinajstić information content (AvgIpc) is 3.19. The van der Waals surface area contributed by atoms with Gasteiger partial charge in [-0.15, -0.1) is 0 Å². The van der Waals surface area contributed by atoms with Crippen molar-refractivity contribution in [3.63, 3.8) is 0 Å². The van der Waals surface area contributed by atoms with Gasteiger partial charge >= 0.3 is 0 Å². The largest absolute Gasteiger partial charge is 0.396 e. The molecule has 1 saturated heterocycles. The predicted octanol–water partition coefficient (Wildman–Crippen LogP) is 4.80. The van der Waals surface area contributed by atoms with Gasteiger partial charge in [0, 0.05) is 19.1 Å². The van der Waals surface area contributed by atoms with Crippen LogP contribution in [0.25, 0.3) is 0 Å². The van der Waals surface area contributed by atoms with Crippen molar-refractivity contribution in [1.29, 1.82) is 0 Å². The van der Waals surface area contributed by atoms with Crippen LogP contribution < -0.4 is 11.1 Å². The van der Waals surface area contributed by atoms with Crippen LogP contribution in [0, 0.1) is 17.8 Å². The number of hydrogen-bond acceptors (Lipinski definition) is 4. The van der Waals surface area contributed by atoms with Gasteiger partial charge in [-0.3, -0.25) is 14.4 Å². The number of amides is 3. The van der Waals surface area contributed by atoms with Gasteiger partial charge in [-0.2, -0.15) is 0 Å². The molecule has 2 fully saturated rings. The minimum Gasteiger partial charge on any atom is -0.396 e. The molecule has 0 spiro atoms. The SMILES string of the molecule is CC(C)C.CCCO.CCC[C@@H](C(=O)NCC(N)=O)N1CC[C@@H](CCCCC2CCCCC2)C1=O. The molecule has 1 saturated carbocycles. The second-order valence-corrected chi connectivity index (χ2v) is 10.7. The summed E-state index contributed by atoms with van der Waals surface area (Å²) in [6, 6.07) is -0.478. The van der Waals surface area contributed by atoms with Crippen molar-refractivity contribution in [2.75, 3.05) is 19.7 Å². The van der Waals surface area contributed by atoms with E-state index in [0.717, 1.165) is 43.9 Å². The van der Waals surface area contributed by atoms with Gasteiger partial charge in [0.15, 0.2) is 0 Å². The summed E-state index contributed by atoms with van der Waals surface area (Å²) in [5, 5.41) is 10.4. The molecule has 4 N–H and O–H groups in total. The highest BCUT2D eigenvalue weighted by atomic mass is 16.2. The van der Waals surface area contributed by atoms with Crippen molar-refractivity contribution < 1.29 is 19.5 Å². The van der Waals surface area contributed by atoms with Crippen molar-refractivity contribution in [1.82, 2.24) is 10.2 Å². The number of nitrogens with two attached hydrogens (primary N) is 1. The van der Waals surface area contributed by atoms with Gasteiger partial charge < -0.3 is 21.1 Å². The van der Waals surface area contributed by atoms with Crippen LogP contribution in [-0.4, -0.2) is 53.5 Å². The lowest BCUT2D eigenvalue weighted by molar-refractivity contribution is -0.140. The smallest absolute Gasteiger partial charge is 0.243 e. The Morgan fingerprint density at radius 2 is 1.60 bits per heavy atom. The highest BCUT2D eigenvalue weighted by molar-refractivity contribution is 5.91. The van der Waals surface area contributed by atoms with Crippen LogP contribution in [0.2, 0.25) is 0 Å². The van der Waals surface area contributed by atoms with Gasteiger partial charge in [-0.25, -0.2) is 0 Å². The van der Waals surface area contributed by atoms with E-state index in [0.29, 0.717) is 19.6 Å². The standard InChI is InChI=1S/C21H37N3O3.C4H10.C3H8O/c1-2-8-18(20(26)23-15-19(22)25)24-14-13-17(21(24)27)12-7-6-11-16-9-4-3-5-10-16;1-4(2)3;1-2-3-4/h16-18H,2-15H2,1H3,(H2,22,25)(H,23,26);4H,1-3H3;4H,2-3H2,1H3/t17-,18+;;/m1../s1. The third-order valence-electron chi connectivity index (χ3n) is 6.39. The van der Waals surface area contributed by atoms with E-state index in [1.165, 1.54) is 44.9 Å². The molecule has 206 valence electrons. The molecule has 35 heavy (non-hydrogen) atoms. The molecule has 0 aromatic heterocycles. The Kier molecular flexibility index (Phi) is 19.6. The number of hydrogen-bond donors (Lipinski definition) is 3. The lowest BCUT2D eigenvalue weighted by atomic mass is 9.85. The Labute approximate surface area is 215 Å². The van der Waals surface area contributed by atoms with Crippen molar-refractivity contribution >= 4 is 17.7 Å². The number of nitrogens with zero attached hydrogens (tertiary/aromatic N) is 1. The molecule has 1 aliphatic heterocycles. The van der Waals surface area contributed by atoms with E-state index < -0.39 is 11.9 Å². The second kappa shape index (κ2) is 20.6. The van der Waals surface area contributed by atoms with Gasteiger partial charge in [0.2, 0.25) is 17.7 Å². The number of aliphatic hydroxyl groups is 1. The zero-order valence-corrected chi connectivity index (χ0v) is 23.3. The Morgan fingerprint density at radius 1 is 1.03 bits per heavy atom. The lowest BCUT2D eigenvalue weighted by Crippen LogP contribution is -2.49. The van der Waals surface area contributed by atoms with Crippen LogP contribution >= 0.6 is 0 Å². The van der Waals surface area contributed by atoms with E-state index in [1.54, 1.807) is 4.90 Å². The Hall–Kier alpha value is -1.63. The molecular formula is C28H55N3O4. The number of nitrogens with one attached hydrogen (secondary N) is 1. The molecule has 1 aliphatic carbocycles. The maximum absolute atomic E-state index is 12.8. The van der Waals surface area contributed by atoms with Crippen molar-refractivity contribution in [3.05, 3.63) is 0 Å². The van der Waals surface area contributed by atoms with E-state index in [-0.39, 0.29) is 24.3 Å². The molecular weight excluding hydrogens is 442 g/mol. The minimum absolute atomic E-state index is 0.0552. The van der Waals surface area contributed by atoms with Crippen LogP contribution in [0.5, 0.6) is 0 Å². The monoisotopic (exact) mass is 497 g/mol. The molecule has 2 atom stereocenters. The fourth-order valence-electron chi connectivity index (χ4n) is 4.63. The summed E-state index contributed by atoms with van der Waals surface area (Å²) in [5.41, 5.74) is 5.11. The molecule has 0 aromatic carbocycles. The maximum atomic E-state index is 12.8. The topological polar surface area (TPSA) is 113 Å². The number of aliphatic hydroxyl groups excluding tert-OH is 1. The molecule has 7 nitrogen and oxygen atoms in total. The molecule has 1 heterocycles. The summed E-state index contributed by atoms with van der Waals surface area (Å²) in [5.74, 6) is 1.07. The maximum Gasteiger partial charge on any atom is 0.243 e. The van der Waals surface area contributed by atoms with Gasteiger partial charge in [0.1, 0.15) is 6.04 Å². The van der Waals surface area contributed by atoms with Gasteiger partial charge in [-0.05, 0) is 37.5 Å². The Balaban J connectivity index is 0.00000126. The number of carbonyl (C=O) groups excluding carboxylic acids is 3. The summed E-state index contributed by atoms with van der Waals surface area (Å²) in [4.78, 5) is 37.9. The zero-order valence-electron chi connectivity index (χ0n) is 23.3. The van der Waals surface area contributed by atoms with E-state index in [1.807, 2.05) is 13.8 Å². The third-order valence-corrected chi connectivity index (χ3v) is 6.39. The molecule has 0 radical (unpaired) electrons. The van der Waals surface area contributed by atoms with Gasteiger partial charge in [-0.1, -0.05) is 92.4 Å². The van der Waals surface area contributed by atoms with Crippen molar-refractivity contribution in [2.24, 2.45) is 23.5 Å². The molecule has 3 amide bonds. The third kappa shape index (κ3) is 15.9. The normalized spacial score (nSPS) is 18.9. The highest BCUT2D eigenvalue weighted by Gasteiger charge is 2.38. The first-order valence-electron chi connectivity index (χ1n) is 14.1. The summed E-state index contributed by atoms with van der Waals surface area (Å²) >= 11 is 0. The van der Waals surface area contributed by atoms with Crippen LogP contribution in [0.1, 0.15) is 118 Å². The second-order valence-electron chi connectivity index (χ2n) is 10.7. The van der Waals surface area contributed by atoms with Crippen molar-refractivity contribution in [2.45, 2.75) is 124 Å². The van der Waals surface area contributed by atoms with Gasteiger partial charge in [0.25, 0.3) is 0 Å². The molecule has 0 aromatic rings. The number of rotatable bonds is 12. The number of primary amides is 1. The zero-order chi connectivity index (χ0) is 26.6. The molecule has 2 rings (SSSR count). The Morgan fingerprint density at radius 3 is 2.11 bits per heavy atom. The molecule has 2 aliphatic rings. The van der Waals surface area contributed by atoms with Crippen LogP contribution in [0.4, 0.5) is 0 Å². The fourth-order valence-corrected chi connectivity index (χ4v) is 4.63. The Bertz CT molecular complexity index is 572. The number of likely N-dealkylation sites (tertiary alicyclic amines) is 1. The first-order valence-corrected chi connectivity index (χ1v) is 14.1. The van der Waals surface area contributed by atoms with E-state index in [9.17, 15) is 14.4 Å². The molecule has 0 unspecified atom stereocenters. The van der Waals surface area contributed by atoms with Crippen LogP contribution in [0.15, 0.2) is 0 Å². The first kappa shape index (κ1) is 33.4. The fraction of sp³-hybridized carbons (Fsp3) is 0.893. The van der Waals surface area contributed by atoms with Crippen molar-refractivity contribution in [3.8, 4) is 0 Å². The summed E-state index contributed by atoms with van der Waals surface area (Å²) in [7, 11) is 0. The predicted molar refractivity (Wildman–Crippen MR) is 144 cm³/mol. The summed E-state index contributed by atoms with van der Waals surface area (Å²) in [6.07, 6.45) is 14.6. The number of unbranched alkanes of at least 4 members (excludes halogenated alkanes) is 1. The van der Waals surface area contributed by atoms with E-state index in [2.05, 4.69) is 26.1 Å². The molecule has 7 heteroatoms. The lowest BCUT2D eigenvalue weighted by Gasteiger charge is -2.27. The summed E-state index contributed by atoms with van der Waals surface area (Å²) in [6.45, 7) is 11.2.